The van der Waals surface area contributed by atoms with Crippen molar-refractivity contribution in [3.8, 4) is 0 Å². The summed E-state index contributed by atoms with van der Waals surface area (Å²) >= 11 is 7.70. The van der Waals surface area contributed by atoms with Gasteiger partial charge < -0.3 is 4.42 Å². The molecule has 0 aliphatic carbocycles. The Morgan fingerprint density at radius 3 is 2.39 bits per heavy atom. The van der Waals surface area contributed by atoms with Crippen LogP contribution < -0.4 is 10.3 Å². The lowest BCUT2D eigenvalue weighted by Crippen LogP contribution is -2.29. The first-order chi connectivity index (χ1) is 15.0. The highest BCUT2D eigenvalue weighted by atomic mass is 35.5. The Balaban J connectivity index is 1.79. The Hall–Kier alpha value is -3.09. The Labute approximate surface area is 186 Å². The van der Waals surface area contributed by atoms with E-state index in [4.69, 9.17) is 16.0 Å². The minimum absolute atomic E-state index is 0.0110. The van der Waals surface area contributed by atoms with Crippen LogP contribution >= 0.6 is 23.4 Å². The molecule has 154 valence electrons. The van der Waals surface area contributed by atoms with E-state index in [2.05, 4.69) is 0 Å². The largest absolute Gasteiger partial charge is 0.450 e. The second-order valence-electron chi connectivity index (χ2n) is 7.14. The van der Waals surface area contributed by atoms with E-state index in [1.807, 2.05) is 30.5 Å². The lowest BCUT2D eigenvalue weighted by Gasteiger charge is -2.25. The molecule has 7 heteroatoms. The molecule has 31 heavy (non-hydrogen) atoms. The fraction of sp³-hybridized carbons (Fsp3) is 0.0833. The van der Waals surface area contributed by atoms with Gasteiger partial charge in [0.1, 0.15) is 11.4 Å². The molecule has 1 atom stereocenters. The molecule has 1 aliphatic rings. The second-order valence-corrected chi connectivity index (χ2v) is 8.46. The van der Waals surface area contributed by atoms with Crippen molar-refractivity contribution in [2.75, 3.05) is 11.2 Å². The summed E-state index contributed by atoms with van der Waals surface area (Å²) in [5, 5.41) is 0.714. The molecule has 5 rings (SSSR count). The Morgan fingerprint density at radius 1 is 1.00 bits per heavy atom. The van der Waals surface area contributed by atoms with Crippen molar-refractivity contribution in [1.29, 1.82) is 0 Å². The molecule has 0 saturated carbocycles. The van der Waals surface area contributed by atoms with Gasteiger partial charge in [0.2, 0.25) is 5.76 Å². The summed E-state index contributed by atoms with van der Waals surface area (Å²) in [7, 11) is 0. The lowest BCUT2D eigenvalue weighted by atomic mass is 9.98. The van der Waals surface area contributed by atoms with Crippen molar-refractivity contribution in [2.24, 2.45) is 0 Å². The van der Waals surface area contributed by atoms with Gasteiger partial charge >= 0.3 is 0 Å². The first-order valence-electron chi connectivity index (χ1n) is 9.47. The molecule has 0 N–H and O–H groups in total. The van der Waals surface area contributed by atoms with Gasteiger partial charge in [-0.25, -0.2) is 4.39 Å². The number of carbonyl (C=O) groups is 1. The summed E-state index contributed by atoms with van der Waals surface area (Å²) in [5.74, 6) is -0.874. The summed E-state index contributed by atoms with van der Waals surface area (Å²) in [6.07, 6.45) is 1.97. The molecule has 0 spiro atoms. The molecule has 1 aromatic heterocycles. The quantitative estimate of drug-likeness (QED) is 0.355. The molecule has 4 nitrogen and oxygen atoms in total. The normalized spacial score (nSPS) is 15.5. The van der Waals surface area contributed by atoms with Crippen molar-refractivity contribution in [3.63, 3.8) is 0 Å². The van der Waals surface area contributed by atoms with Crippen molar-refractivity contribution < 1.29 is 13.6 Å². The Kier molecular flexibility index (Phi) is 4.84. The van der Waals surface area contributed by atoms with Crippen LogP contribution in [-0.2, 0) is 0 Å². The highest BCUT2D eigenvalue weighted by Gasteiger charge is 2.43. The third-order valence-corrected chi connectivity index (χ3v) is 6.35. The van der Waals surface area contributed by atoms with Crippen LogP contribution in [-0.4, -0.2) is 12.2 Å². The number of hydrogen-bond acceptors (Lipinski definition) is 4. The highest BCUT2D eigenvalue weighted by Crippen LogP contribution is 2.41. The van der Waals surface area contributed by atoms with Gasteiger partial charge in [-0.15, -0.1) is 11.8 Å². The zero-order valence-corrected chi connectivity index (χ0v) is 17.8. The molecule has 0 radical (unpaired) electrons. The van der Waals surface area contributed by atoms with Crippen LogP contribution in [0.25, 0.3) is 11.0 Å². The van der Waals surface area contributed by atoms with Crippen molar-refractivity contribution >= 4 is 45.9 Å². The maximum absolute atomic E-state index is 13.5. The van der Waals surface area contributed by atoms with Gasteiger partial charge in [-0.05, 0) is 66.4 Å². The number of carbonyl (C=O) groups excluding carboxylic acids is 1. The standard InChI is InChI=1S/C24H15ClFNO3S/c1-31-17-9-2-13(3-10-17)21-20-22(28)18-12-14(25)4-11-19(18)30-23(20)24(29)27(21)16-7-5-15(26)6-8-16/h2-12,21H,1H3. The summed E-state index contributed by atoms with van der Waals surface area (Å²) in [6, 6.07) is 17.3. The van der Waals surface area contributed by atoms with E-state index in [1.165, 1.54) is 29.2 Å². The number of rotatable bonds is 3. The summed E-state index contributed by atoms with van der Waals surface area (Å²) in [6.45, 7) is 0. The molecule has 1 amide bonds. The van der Waals surface area contributed by atoms with Gasteiger partial charge in [-0.1, -0.05) is 23.7 Å². The van der Waals surface area contributed by atoms with E-state index >= 15 is 0 Å². The van der Waals surface area contributed by atoms with Gasteiger partial charge in [-0.3, -0.25) is 14.5 Å². The van der Waals surface area contributed by atoms with Crippen molar-refractivity contribution in [1.82, 2.24) is 0 Å². The van der Waals surface area contributed by atoms with Gasteiger partial charge in [0, 0.05) is 15.6 Å². The Morgan fingerprint density at radius 2 is 1.71 bits per heavy atom. The van der Waals surface area contributed by atoms with E-state index in [0.717, 1.165) is 10.5 Å². The molecule has 0 fully saturated rings. The monoisotopic (exact) mass is 451 g/mol. The fourth-order valence-corrected chi connectivity index (χ4v) is 4.50. The van der Waals surface area contributed by atoms with Gasteiger partial charge in [0.25, 0.3) is 5.91 Å². The second kappa shape index (κ2) is 7.55. The number of thioether (sulfide) groups is 1. The molecule has 3 aromatic carbocycles. The maximum atomic E-state index is 13.5. The van der Waals surface area contributed by atoms with E-state index in [-0.39, 0.29) is 16.8 Å². The first kappa shape index (κ1) is 19.8. The van der Waals surface area contributed by atoms with Crippen molar-refractivity contribution in [3.05, 3.63) is 105 Å². The minimum atomic E-state index is -0.705. The van der Waals surface area contributed by atoms with Gasteiger partial charge in [0.15, 0.2) is 5.43 Å². The number of nitrogens with zero attached hydrogens (tertiary/aromatic N) is 1. The van der Waals surface area contributed by atoms with E-state index < -0.39 is 17.8 Å². The lowest BCUT2D eigenvalue weighted by molar-refractivity contribution is 0.0971. The Bertz CT molecular complexity index is 1380. The molecule has 2 heterocycles. The predicted molar refractivity (Wildman–Crippen MR) is 121 cm³/mol. The van der Waals surface area contributed by atoms with Crippen LogP contribution in [0.2, 0.25) is 5.02 Å². The molecule has 0 saturated heterocycles. The molecule has 1 unspecified atom stereocenters. The summed E-state index contributed by atoms with van der Waals surface area (Å²) in [5.41, 5.74) is 1.46. The fourth-order valence-electron chi connectivity index (χ4n) is 3.91. The average molecular weight is 452 g/mol. The third-order valence-electron chi connectivity index (χ3n) is 5.37. The van der Waals surface area contributed by atoms with Crippen LogP contribution in [0.4, 0.5) is 10.1 Å². The third kappa shape index (κ3) is 3.23. The van der Waals surface area contributed by atoms with Crippen LogP contribution in [0.5, 0.6) is 0 Å². The average Bonchev–Trinajstić information content (AvgIpc) is 3.07. The SMILES string of the molecule is CSc1ccc(C2c3c(oc4ccc(Cl)cc4c3=O)C(=O)N2c2ccc(F)cc2)cc1. The maximum Gasteiger partial charge on any atom is 0.295 e. The zero-order chi connectivity index (χ0) is 21.7. The first-order valence-corrected chi connectivity index (χ1v) is 11.1. The van der Waals surface area contributed by atoms with E-state index in [9.17, 15) is 14.0 Å². The zero-order valence-electron chi connectivity index (χ0n) is 16.3. The smallest absolute Gasteiger partial charge is 0.295 e. The predicted octanol–water partition coefficient (Wildman–Crippen LogP) is 6.06. The molecular weight excluding hydrogens is 437 g/mol. The topological polar surface area (TPSA) is 50.5 Å². The van der Waals surface area contributed by atoms with Crippen LogP contribution in [0, 0.1) is 5.82 Å². The molecule has 1 aliphatic heterocycles. The minimum Gasteiger partial charge on any atom is -0.450 e. The van der Waals surface area contributed by atoms with E-state index in [0.29, 0.717) is 21.7 Å². The van der Waals surface area contributed by atoms with Gasteiger partial charge in [0.05, 0.1) is 17.0 Å². The van der Waals surface area contributed by atoms with E-state index in [1.54, 1.807) is 30.0 Å². The number of halogens is 2. The number of benzene rings is 3. The number of amides is 1. The summed E-state index contributed by atoms with van der Waals surface area (Å²) in [4.78, 5) is 29.4. The molecule has 4 aromatic rings. The van der Waals surface area contributed by atoms with Crippen LogP contribution in [0.3, 0.4) is 0 Å². The number of anilines is 1. The van der Waals surface area contributed by atoms with Gasteiger partial charge in [-0.2, -0.15) is 0 Å². The molecular formula is C24H15ClFNO3S. The summed E-state index contributed by atoms with van der Waals surface area (Å²) < 4.78 is 19.4. The van der Waals surface area contributed by atoms with Crippen molar-refractivity contribution in [2.45, 2.75) is 10.9 Å². The number of fused-ring (bicyclic) bond motifs is 2. The number of hydrogen-bond donors (Lipinski definition) is 0. The highest BCUT2D eigenvalue weighted by molar-refractivity contribution is 7.98. The van der Waals surface area contributed by atoms with Crippen LogP contribution in [0.15, 0.2) is 80.8 Å². The molecule has 0 bridgehead atoms. The van der Waals surface area contributed by atoms with Crippen LogP contribution in [0.1, 0.15) is 27.7 Å².